The van der Waals surface area contributed by atoms with Gasteiger partial charge in [0.25, 0.3) is 11.8 Å². The van der Waals surface area contributed by atoms with E-state index >= 15 is 0 Å². The van der Waals surface area contributed by atoms with Crippen molar-refractivity contribution >= 4 is 39.9 Å². The number of carbonyl (C=O) groups excluding carboxylic acids is 2. The molecule has 0 fully saturated rings. The molecule has 0 unspecified atom stereocenters. The Labute approximate surface area is 158 Å². The Kier molecular flexibility index (Phi) is 5.50. The number of rotatable bonds is 6. The molecule has 0 aliphatic carbocycles. The molecule has 0 atom stereocenters. The van der Waals surface area contributed by atoms with E-state index in [1.54, 1.807) is 30.3 Å². The third kappa shape index (κ3) is 4.38. The van der Waals surface area contributed by atoms with Crippen LogP contribution in [0.25, 0.3) is 11.3 Å². The first-order valence-electron chi connectivity index (χ1n) is 7.56. The number of ether oxygens (including phenoxy) is 1. The van der Waals surface area contributed by atoms with Gasteiger partial charge in [0.05, 0.1) is 5.69 Å². The van der Waals surface area contributed by atoms with Crippen LogP contribution in [0.3, 0.4) is 0 Å². The summed E-state index contributed by atoms with van der Waals surface area (Å²) in [5.41, 5.74) is 6.96. The van der Waals surface area contributed by atoms with Crippen molar-refractivity contribution in [2.75, 3.05) is 11.9 Å². The molecule has 3 aromatic rings. The molecule has 8 heteroatoms. The van der Waals surface area contributed by atoms with Crippen molar-refractivity contribution < 1.29 is 14.3 Å². The number of thiazole rings is 1. The summed E-state index contributed by atoms with van der Waals surface area (Å²) in [5, 5.41) is 5.65. The van der Waals surface area contributed by atoms with Crippen LogP contribution >= 0.6 is 22.9 Å². The highest BCUT2D eigenvalue weighted by atomic mass is 35.5. The van der Waals surface area contributed by atoms with Gasteiger partial charge < -0.3 is 10.5 Å². The number of amides is 2. The Morgan fingerprint density at radius 3 is 2.58 bits per heavy atom. The molecule has 0 radical (unpaired) electrons. The molecule has 0 aliphatic heterocycles. The highest BCUT2D eigenvalue weighted by Gasteiger charge is 2.11. The monoisotopic (exact) mass is 387 g/mol. The molecule has 0 saturated carbocycles. The Morgan fingerprint density at radius 1 is 1.15 bits per heavy atom. The molecule has 0 saturated heterocycles. The minimum Gasteiger partial charge on any atom is -0.484 e. The van der Waals surface area contributed by atoms with Crippen molar-refractivity contribution in [3.63, 3.8) is 0 Å². The molecule has 26 heavy (non-hydrogen) atoms. The number of benzene rings is 2. The first-order chi connectivity index (χ1) is 12.5. The summed E-state index contributed by atoms with van der Waals surface area (Å²) >= 11 is 7.48. The summed E-state index contributed by atoms with van der Waals surface area (Å²) < 4.78 is 5.15. The number of nitrogens with zero attached hydrogens (tertiary/aromatic N) is 1. The van der Waals surface area contributed by atoms with Crippen LogP contribution in [-0.2, 0) is 4.79 Å². The summed E-state index contributed by atoms with van der Waals surface area (Å²) in [6.07, 6.45) is 0. The number of nitrogens with two attached hydrogens (primary N) is 1. The quantitative estimate of drug-likeness (QED) is 0.675. The predicted octanol–water partition coefficient (Wildman–Crippen LogP) is 3.58. The van der Waals surface area contributed by atoms with E-state index in [2.05, 4.69) is 10.3 Å². The minimum absolute atomic E-state index is 0.213. The molecule has 0 aliphatic rings. The second kappa shape index (κ2) is 7.99. The van der Waals surface area contributed by atoms with Crippen molar-refractivity contribution in [1.29, 1.82) is 0 Å². The molecular formula is C18H14ClN3O3S. The summed E-state index contributed by atoms with van der Waals surface area (Å²) in [6, 6.07) is 13.7. The normalized spacial score (nSPS) is 10.3. The molecule has 0 bridgehead atoms. The van der Waals surface area contributed by atoms with Gasteiger partial charge in [-0.1, -0.05) is 29.8 Å². The van der Waals surface area contributed by atoms with E-state index < -0.39 is 5.91 Å². The van der Waals surface area contributed by atoms with Crippen molar-refractivity contribution in [2.24, 2.45) is 5.73 Å². The number of anilines is 1. The highest BCUT2D eigenvalue weighted by Crippen LogP contribution is 2.30. The van der Waals surface area contributed by atoms with E-state index in [1.165, 1.54) is 11.3 Å². The van der Waals surface area contributed by atoms with Gasteiger partial charge in [0.1, 0.15) is 5.75 Å². The minimum atomic E-state index is -0.565. The molecule has 1 aromatic heterocycles. The Hall–Kier alpha value is -2.90. The van der Waals surface area contributed by atoms with E-state index in [0.717, 1.165) is 5.56 Å². The summed E-state index contributed by atoms with van der Waals surface area (Å²) in [7, 11) is 0. The van der Waals surface area contributed by atoms with Crippen molar-refractivity contribution in [3.8, 4) is 17.0 Å². The average molecular weight is 388 g/mol. The number of aromatic nitrogens is 1. The third-order valence-electron chi connectivity index (χ3n) is 3.37. The van der Waals surface area contributed by atoms with Crippen LogP contribution in [0, 0.1) is 0 Å². The zero-order chi connectivity index (χ0) is 18.5. The Bertz CT molecular complexity index is 941. The van der Waals surface area contributed by atoms with Crippen molar-refractivity contribution in [2.45, 2.75) is 0 Å². The lowest BCUT2D eigenvalue weighted by Crippen LogP contribution is -2.20. The van der Waals surface area contributed by atoms with E-state index in [-0.39, 0.29) is 12.5 Å². The van der Waals surface area contributed by atoms with Crippen LogP contribution in [0.4, 0.5) is 5.13 Å². The molecule has 3 rings (SSSR count). The van der Waals surface area contributed by atoms with Gasteiger partial charge in [-0.05, 0) is 30.3 Å². The predicted molar refractivity (Wildman–Crippen MR) is 102 cm³/mol. The summed E-state index contributed by atoms with van der Waals surface area (Å²) in [4.78, 5) is 27.4. The van der Waals surface area contributed by atoms with E-state index in [1.807, 2.05) is 23.6 Å². The van der Waals surface area contributed by atoms with E-state index in [0.29, 0.717) is 27.2 Å². The van der Waals surface area contributed by atoms with Crippen LogP contribution in [0.2, 0.25) is 5.02 Å². The van der Waals surface area contributed by atoms with Gasteiger partial charge in [0.2, 0.25) is 0 Å². The number of hydrogen-bond donors (Lipinski definition) is 2. The van der Waals surface area contributed by atoms with Gasteiger partial charge in [0, 0.05) is 21.5 Å². The maximum absolute atomic E-state index is 12.3. The Morgan fingerprint density at radius 2 is 1.88 bits per heavy atom. The van der Waals surface area contributed by atoms with Gasteiger partial charge >= 0.3 is 0 Å². The van der Waals surface area contributed by atoms with Crippen LogP contribution in [0.5, 0.6) is 5.75 Å². The molecule has 2 amide bonds. The van der Waals surface area contributed by atoms with Crippen LogP contribution < -0.4 is 15.8 Å². The fourth-order valence-electron chi connectivity index (χ4n) is 2.15. The van der Waals surface area contributed by atoms with Gasteiger partial charge in [0.15, 0.2) is 11.7 Å². The molecular weight excluding hydrogens is 374 g/mol. The molecule has 1 heterocycles. The first kappa shape index (κ1) is 17.9. The van der Waals surface area contributed by atoms with Gasteiger partial charge in [-0.25, -0.2) is 4.98 Å². The van der Waals surface area contributed by atoms with Crippen LogP contribution in [0.1, 0.15) is 10.4 Å². The van der Waals surface area contributed by atoms with Crippen molar-refractivity contribution in [3.05, 3.63) is 64.5 Å². The van der Waals surface area contributed by atoms with Crippen molar-refractivity contribution in [1.82, 2.24) is 4.98 Å². The molecule has 0 spiro atoms. The molecule has 132 valence electrons. The standard InChI is InChI=1S/C18H14ClN3O3S/c19-14-4-2-1-3-13(14)15-10-26-18(21-15)22-17(24)11-5-7-12(8-6-11)25-9-16(20)23/h1-8,10H,9H2,(H2,20,23)(H,21,22,24). The second-order valence-corrected chi connectivity index (χ2v) is 6.52. The maximum atomic E-state index is 12.3. The lowest BCUT2D eigenvalue weighted by atomic mass is 10.2. The summed E-state index contributed by atoms with van der Waals surface area (Å²) in [6.45, 7) is -0.213. The number of primary amides is 1. The van der Waals surface area contributed by atoms with E-state index in [4.69, 9.17) is 22.1 Å². The third-order valence-corrected chi connectivity index (χ3v) is 4.46. The number of carbonyl (C=O) groups is 2. The molecule has 3 N–H and O–H groups in total. The van der Waals surface area contributed by atoms with Crippen LogP contribution in [0.15, 0.2) is 53.9 Å². The van der Waals surface area contributed by atoms with Crippen LogP contribution in [-0.4, -0.2) is 23.4 Å². The lowest BCUT2D eigenvalue weighted by molar-refractivity contribution is -0.119. The number of nitrogens with one attached hydrogen (secondary N) is 1. The largest absolute Gasteiger partial charge is 0.484 e. The highest BCUT2D eigenvalue weighted by molar-refractivity contribution is 7.14. The SMILES string of the molecule is NC(=O)COc1ccc(C(=O)Nc2nc(-c3ccccc3Cl)cs2)cc1. The van der Waals surface area contributed by atoms with E-state index in [9.17, 15) is 9.59 Å². The Balaban J connectivity index is 1.67. The maximum Gasteiger partial charge on any atom is 0.257 e. The average Bonchev–Trinajstić information content (AvgIpc) is 3.09. The topological polar surface area (TPSA) is 94.3 Å². The zero-order valence-corrected chi connectivity index (χ0v) is 15.0. The lowest BCUT2D eigenvalue weighted by Gasteiger charge is -2.05. The van der Waals surface area contributed by atoms with Gasteiger partial charge in [-0.2, -0.15) is 0 Å². The smallest absolute Gasteiger partial charge is 0.257 e. The fraction of sp³-hybridized carbons (Fsp3) is 0.0556. The zero-order valence-electron chi connectivity index (χ0n) is 13.4. The van der Waals surface area contributed by atoms with Gasteiger partial charge in [-0.3, -0.25) is 14.9 Å². The molecule has 2 aromatic carbocycles. The fourth-order valence-corrected chi connectivity index (χ4v) is 3.09. The van der Waals surface area contributed by atoms with Gasteiger partial charge in [-0.15, -0.1) is 11.3 Å². The summed E-state index contributed by atoms with van der Waals surface area (Å²) in [5.74, 6) is -0.410. The number of hydrogen-bond acceptors (Lipinski definition) is 5. The molecule has 6 nitrogen and oxygen atoms in total. The second-order valence-electron chi connectivity index (χ2n) is 5.25. The number of halogens is 1. The first-order valence-corrected chi connectivity index (χ1v) is 8.81.